The van der Waals surface area contributed by atoms with E-state index in [1.165, 1.54) is 7.11 Å². The fourth-order valence-corrected chi connectivity index (χ4v) is 2.54. The number of para-hydroxylation sites is 2. The van der Waals surface area contributed by atoms with Gasteiger partial charge in [-0.25, -0.2) is 4.79 Å². The fraction of sp³-hybridized carbons (Fsp3) is 0.300. The molecule has 0 atom stereocenters. The molecule has 10 nitrogen and oxygen atoms in total. The second kappa shape index (κ2) is 10.6. The number of ether oxygens (including phenoxy) is 4. The van der Waals surface area contributed by atoms with Gasteiger partial charge in [0.15, 0.2) is 18.1 Å². The normalized spacial score (nSPS) is 10.1. The lowest BCUT2D eigenvalue weighted by Crippen LogP contribution is -2.21. The minimum Gasteiger partial charge on any atom is -0.493 e. The van der Waals surface area contributed by atoms with Crippen molar-refractivity contribution >= 4 is 23.3 Å². The molecule has 1 amide bonds. The Morgan fingerprint density at radius 1 is 1.03 bits per heavy atom. The number of hydrogen-bond donors (Lipinski definition) is 1. The first-order valence-corrected chi connectivity index (χ1v) is 9.09. The highest BCUT2D eigenvalue weighted by atomic mass is 16.6. The van der Waals surface area contributed by atoms with Crippen LogP contribution in [0.5, 0.6) is 17.2 Å². The molecule has 0 spiro atoms. The minimum absolute atomic E-state index is 0.102. The Morgan fingerprint density at radius 3 is 2.33 bits per heavy atom. The smallest absolute Gasteiger partial charge is 0.345 e. The largest absolute Gasteiger partial charge is 0.493 e. The summed E-state index contributed by atoms with van der Waals surface area (Å²) < 4.78 is 20.8. The van der Waals surface area contributed by atoms with Crippen LogP contribution < -0.4 is 19.5 Å². The molecule has 0 bridgehead atoms. The summed E-state index contributed by atoms with van der Waals surface area (Å²) in [5.41, 5.74) is -0.469. The van der Waals surface area contributed by atoms with Crippen molar-refractivity contribution in [1.82, 2.24) is 0 Å². The van der Waals surface area contributed by atoms with E-state index in [4.69, 9.17) is 18.9 Å². The quantitative estimate of drug-likeness (QED) is 0.354. The van der Waals surface area contributed by atoms with Gasteiger partial charge in [-0.05, 0) is 26.0 Å². The number of nitrogens with zero attached hydrogens (tertiary/aromatic N) is 1. The van der Waals surface area contributed by atoms with E-state index in [1.54, 1.807) is 38.1 Å². The first-order valence-electron chi connectivity index (χ1n) is 9.09. The lowest BCUT2D eigenvalue weighted by Gasteiger charge is -2.13. The van der Waals surface area contributed by atoms with Gasteiger partial charge in [0.05, 0.1) is 37.0 Å². The van der Waals surface area contributed by atoms with E-state index in [1.807, 2.05) is 0 Å². The summed E-state index contributed by atoms with van der Waals surface area (Å²) >= 11 is 0. The zero-order valence-corrected chi connectivity index (χ0v) is 16.8. The van der Waals surface area contributed by atoms with Crippen molar-refractivity contribution in [3.63, 3.8) is 0 Å². The van der Waals surface area contributed by atoms with E-state index in [0.717, 1.165) is 12.1 Å². The average Bonchev–Trinajstić information content (AvgIpc) is 2.73. The summed E-state index contributed by atoms with van der Waals surface area (Å²) in [6, 6.07) is 9.00. The summed E-state index contributed by atoms with van der Waals surface area (Å²) in [7, 11) is 1.32. The van der Waals surface area contributed by atoms with Crippen LogP contribution in [-0.4, -0.2) is 43.7 Å². The third kappa shape index (κ3) is 5.60. The molecule has 2 rings (SSSR count). The summed E-state index contributed by atoms with van der Waals surface area (Å²) in [5.74, 6) is -0.958. The van der Waals surface area contributed by atoms with Gasteiger partial charge in [-0.2, -0.15) is 0 Å². The number of carbonyl (C=O) groups excluding carboxylic acids is 2. The number of esters is 1. The Labute approximate surface area is 172 Å². The molecule has 10 heteroatoms. The van der Waals surface area contributed by atoms with Crippen LogP contribution in [0.1, 0.15) is 24.2 Å². The van der Waals surface area contributed by atoms with Crippen molar-refractivity contribution in [2.75, 3.05) is 32.2 Å². The molecular formula is C20H22N2O8. The topological polar surface area (TPSA) is 126 Å². The predicted octanol–water partition coefficient (Wildman–Crippen LogP) is 3.20. The molecule has 0 aromatic heterocycles. The molecular weight excluding hydrogens is 396 g/mol. The molecule has 30 heavy (non-hydrogen) atoms. The number of amides is 1. The van der Waals surface area contributed by atoms with Gasteiger partial charge in [0.1, 0.15) is 11.3 Å². The second-order valence-corrected chi connectivity index (χ2v) is 5.76. The standard InChI is InChI=1S/C20H22N2O8/c1-4-28-16-9-7-6-8-14(16)21-19(23)12-30-20(24)13-10-18(29-5-2)17(27-3)11-15(13)22(25)26/h6-11H,4-5,12H2,1-3H3,(H,21,23). The zero-order valence-electron chi connectivity index (χ0n) is 16.8. The van der Waals surface area contributed by atoms with Crippen LogP contribution in [0.25, 0.3) is 0 Å². The fourth-order valence-electron chi connectivity index (χ4n) is 2.54. The maximum Gasteiger partial charge on any atom is 0.345 e. The Morgan fingerprint density at radius 2 is 1.70 bits per heavy atom. The van der Waals surface area contributed by atoms with E-state index in [2.05, 4.69) is 5.32 Å². The van der Waals surface area contributed by atoms with E-state index in [0.29, 0.717) is 18.0 Å². The number of nitrogens with one attached hydrogen (secondary N) is 1. The van der Waals surface area contributed by atoms with Crippen molar-refractivity contribution in [3.05, 3.63) is 52.1 Å². The van der Waals surface area contributed by atoms with Crippen LogP contribution in [0.4, 0.5) is 11.4 Å². The van der Waals surface area contributed by atoms with Gasteiger partial charge in [-0.3, -0.25) is 14.9 Å². The zero-order chi connectivity index (χ0) is 22.1. The van der Waals surface area contributed by atoms with Gasteiger partial charge in [0.2, 0.25) is 0 Å². The van der Waals surface area contributed by atoms with E-state index in [-0.39, 0.29) is 23.7 Å². The number of anilines is 1. The number of carbonyl (C=O) groups is 2. The number of rotatable bonds is 10. The lowest BCUT2D eigenvalue weighted by molar-refractivity contribution is -0.385. The van der Waals surface area contributed by atoms with E-state index >= 15 is 0 Å². The highest BCUT2D eigenvalue weighted by Crippen LogP contribution is 2.35. The molecule has 0 saturated heterocycles. The Balaban J connectivity index is 2.14. The molecule has 0 radical (unpaired) electrons. The van der Waals surface area contributed by atoms with Crippen LogP contribution in [-0.2, 0) is 9.53 Å². The summed E-state index contributed by atoms with van der Waals surface area (Å²) in [6.45, 7) is 3.53. The maximum absolute atomic E-state index is 12.4. The second-order valence-electron chi connectivity index (χ2n) is 5.76. The van der Waals surface area contributed by atoms with Gasteiger partial charge in [-0.1, -0.05) is 12.1 Å². The number of hydrogen-bond acceptors (Lipinski definition) is 8. The molecule has 2 aromatic rings. The van der Waals surface area contributed by atoms with Crippen LogP contribution in [0, 0.1) is 10.1 Å². The van der Waals surface area contributed by atoms with E-state index in [9.17, 15) is 19.7 Å². The highest BCUT2D eigenvalue weighted by Gasteiger charge is 2.26. The van der Waals surface area contributed by atoms with E-state index < -0.39 is 29.1 Å². The Bertz CT molecular complexity index is 929. The molecule has 0 unspecified atom stereocenters. The molecule has 0 aliphatic carbocycles. The van der Waals surface area contributed by atoms with Crippen molar-refractivity contribution in [2.45, 2.75) is 13.8 Å². The van der Waals surface area contributed by atoms with Gasteiger partial charge >= 0.3 is 5.97 Å². The first-order chi connectivity index (χ1) is 14.4. The van der Waals surface area contributed by atoms with Crippen molar-refractivity contribution in [3.8, 4) is 17.2 Å². The highest BCUT2D eigenvalue weighted by molar-refractivity contribution is 5.98. The molecule has 0 heterocycles. The third-order valence-corrected chi connectivity index (χ3v) is 3.79. The van der Waals surface area contributed by atoms with Gasteiger partial charge in [0.25, 0.3) is 11.6 Å². The average molecular weight is 418 g/mol. The summed E-state index contributed by atoms with van der Waals surface area (Å²) in [5, 5.41) is 13.9. The molecule has 2 aromatic carbocycles. The van der Waals surface area contributed by atoms with Crippen LogP contribution in [0.2, 0.25) is 0 Å². The molecule has 160 valence electrons. The van der Waals surface area contributed by atoms with Crippen molar-refractivity contribution < 1.29 is 33.5 Å². The molecule has 0 fully saturated rings. The number of methoxy groups -OCH3 is 1. The van der Waals surface area contributed by atoms with Gasteiger partial charge in [-0.15, -0.1) is 0 Å². The maximum atomic E-state index is 12.4. The van der Waals surface area contributed by atoms with Crippen LogP contribution >= 0.6 is 0 Å². The lowest BCUT2D eigenvalue weighted by atomic mass is 10.1. The van der Waals surface area contributed by atoms with Gasteiger partial charge in [0, 0.05) is 6.07 Å². The predicted molar refractivity (Wildman–Crippen MR) is 107 cm³/mol. The summed E-state index contributed by atoms with van der Waals surface area (Å²) in [6.07, 6.45) is 0. The molecule has 0 aliphatic rings. The number of nitro benzene ring substituents is 1. The SMILES string of the molecule is CCOc1ccccc1NC(=O)COC(=O)c1cc(OCC)c(OC)cc1[N+](=O)[O-]. The Hall–Kier alpha value is -3.82. The summed E-state index contributed by atoms with van der Waals surface area (Å²) in [4.78, 5) is 35.2. The van der Waals surface area contributed by atoms with Crippen molar-refractivity contribution in [1.29, 1.82) is 0 Å². The number of benzene rings is 2. The first kappa shape index (κ1) is 22.5. The molecule has 0 aliphatic heterocycles. The number of nitro groups is 1. The van der Waals surface area contributed by atoms with Crippen LogP contribution in [0.15, 0.2) is 36.4 Å². The van der Waals surface area contributed by atoms with Crippen molar-refractivity contribution in [2.24, 2.45) is 0 Å². The molecule has 0 saturated carbocycles. The minimum atomic E-state index is -1.04. The molecule has 1 N–H and O–H groups in total. The third-order valence-electron chi connectivity index (χ3n) is 3.79. The monoisotopic (exact) mass is 418 g/mol. The van der Waals surface area contributed by atoms with Gasteiger partial charge < -0.3 is 24.3 Å². The van der Waals surface area contributed by atoms with Crippen LogP contribution in [0.3, 0.4) is 0 Å². The Kier molecular flexibility index (Phi) is 7.98.